The zero-order valence-electron chi connectivity index (χ0n) is 21.5. The normalized spacial score (nSPS) is 14.9. The van der Waals surface area contributed by atoms with Gasteiger partial charge in [-0.25, -0.2) is 0 Å². The Morgan fingerprint density at radius 3 is 2.56 bits per heavy atom. The van der Waals surface area contributed by atoms with E-state index in [2.05, 4.69) is 77.4 Å². The number of piperazine rings is 1. The highest BCUT2D eigenvalue weighted by Gasteiger charge is 2.22. The molecule has 1 saturated heterocycles. The summed E-state index contributed by atoms with van der Waals surface area (Å²) in [5, 5.41) is 8.84. The maximum atomic E-state index is 12.9. The number of rotatable bonds is 6. The molecule has 4 aromatic rings. The van der Waals surface area contributed by atoms with Crippen molar-refractivity contribution in [3.63, 3.8) is 0 Å². The molecule has 1 N–H and O–H groups in total. The predicted molar refractivity (Wildman–Crippen MR) is 148 cm³/mol. The number of nitrogens with zero attached hydrogens (tertiary/aromatic N) is 5. The lowest BCUT2D eigenvalue weighted by Gasteiger charge is -2.35. The third-order valence-electron chi connectivity index (χ3n) is 6.81. The van der Waals surface area contributed by atoms with Crippen molar-refractivity contribution >= 4 is 39.0 Å². The van der Waals surface area contributed by atoms with Crippen LogP contribution in [0.2, 0.25) is 0 Å². The molecule has 0 radical (unpaired) electrons. The molecule has 188 valence electrons. The number of fused-ring (bicyclic) bond motifs is 1. The molecule has 0 aliphatic carbocycles. The molecule has 3 heterocycles. The molecule has 36 heavy (non-hydrogen) atoms. The van der Waals surface area contributed by atoms with E-state index >= 15 is 0 Å². The number of carbonyl (C=O) groups excluding carboxylic acids is 1. The van der Waals surface area contributed by atoms with Crippen LogP contribution in [-0.2, 0) is 18.9 Å². The number of amides is 1. The van der Waals surface area contributed by atoms with Gasteiger partial charge in [-0.2, -0.15) is 9.47 Å². The molecule has 1 aliphatic heterocycles. The van der Waals surface area contributed by atoms with Gasteiger partial charge < -0.3 is 10.2 Å². The SMILES string of the molecule is Cn1nc(C(C)(C)C)cc1C(=O)Nc1cccc(CCN2CCN(c3nsc4ccccc34)CC2)c1. The molecule has 0 atom stereocenters. The first kappa shape index (κ1) is 24.5. The van der Waals surface area contributed by atoms with Crippen molar-refractivity contribution in [3.8, 4) is 0 Å². The maximum absolute atomic E-state index is 12.9. The Hall–Kier alpha value is -3.23. The first-order valence-corrected chi connectivity index (χ1v) is 13.3. The summed E-state index contributed by atoms with van der Waals surface area (Å²) in [5.74, 6) is 0.991. The monoisotopic (exact) mass is 502 g/mol. The fraction of sp³-hybridized carbons (Fsp3) is 0.393. The zero-order valence-corrected chi connectivity index (χ0v) is 22.3. The van der Waals surface area contributed by atoms with E-state index < -0.39 is 0 Å². The predicted octanol–water partition coefficient (Wildman–Crippen LogP) is 4.94. The van der Waals surface area contributed by atoms with Crippen molar-refractivity contribution in [1.82, 2.24) is 19.1 Å². The summed E-state index contributed by atoms with van der Waals surface area (Å²) in [7, 11) is 1.82. The van der Waals surface area contributed by atoms with E-state index in [1.54, 1.807) is 16.2 Å². The van der Waals surface area contributed by atoms with E-state index in [9.17, 15) is 4.79 Å². The smallest absolute Gasteiger partial charge is 0.273 e. The Bertz CT molecular complexity index is 1360. The fourth-order valence-electron chi connectivity index (χ4n) is 4.62. The Morgan fingerprint density at radius 2 is 1.81 bits per heavy atom. The van der Waals surface area contributed by atoms with Crippen molar-refractivity contribution in [1.29, 1.82) is 0 Å². The number of nitrogens with one attached hydrogen (secondary N) is 1. The van der Waals surface area contributed by atoms with E-state index in [-0.39, 0.29) is 11.3 Å². The number of carbonyl (C=O) groups is 1. The van der Waals surface area contributed by atoms with Gasteiger partial charge in [-0.1, -0.05) is 45.0 Å². The second-order valence-corrected chi connectivity index (χ2v) is 11.3. The van der Waals surface area contributed by atoms with Gasteiger partial charge in [0.15, 0.2) is 0 Å². The number of hydrogen-bond acceptors (Lipinski definition) is 6. The molecule has 2 aromatic heterocycles. The fourth-order valence-corrected chi connectivity index (χ4v) is 5.41. The van der Waals surface area contributed by atoms with Gasteiger partial charge in [0.1, 0.15) is 11.5 Å². The quantitative estimate of drug-likeness (QED) is 0.404. The van der Waals surface area contributed by atoms with Gasteiger partial charge in [-0.3, -0.25) is 14.4 Å². The minimum atomic E-state index is -0.136. The molecular formula is C28H34N6OS. The third-order valence-corrected chi connectivity index (χ3v) is 7.63. The number of anilines is 2. The van der Waals surface area contributed by atoms with Crippen molar-refractivity contribution in [2.75, 3.05) is 42.9 Å². The molecule has 7 nitrogen and oxygen atoms in total. The summed E-state index contributed by atoms with van der Waals surface area (Å²) in [5.41, 5.74) is 3.41. The molecule has 1 aliphatic rings. The first-order chi connectivity index (χ1) is 17.3. The highest BCUT2D eigenvalue weighted by molar-refractivity contribution is 7.13. The van der Waals surface area contributed by atoms with Gasteiger partial charge in [-0.05, 0) is 53.8 Å². The summed E-state index contributed by atoms with van der Waals surface area (Å²) >= 11 is 1.58. The topological polar surface area (TPSA) is 66.3 Å². The molecule has 5 rings (SSSR count). The van der Waals surface area contributed by atoms with Gasteiger partial charge in [0.05, 0.1) is 10.4 Å². The minimum absolute atomic E-state index is 0.101. The van der Waals surface area contributed by atoms with E-state index in [1.165, 1.54) is 15.6 Å². The Kier molecular flexibility index (Phi) is 6.81. The average molecular weight is 503 g/mol. The highest BCUT2D eigenvalue weighted by Crippen LogP contribution is 2.30. The number of aromatic nitrogens is 3. The van der Waals surface area contributed by atoms with Gasteiger partial charge in [0.2, 0.25) is 0 Å². The minimum Gasteiger partial charge on any atom is -0.353 e. The average Bonchev–Trinajstić information content (AvgIpc) is 3.47. The Labute approximate surface area is 216 Å². The summed E-state index contributed by atoms with van der Waals surface area (Å²) < 4.78 is 7.63. The van der Waals surface area contributed by atoms with Crippen LogP contribution >= 0.6 is 11.5 Å². The second-order valence-electron chi connectivity index (χ2n) is 10.5. The van der Waals surface area contributed by atoms with Crippen molar-refractivity contribution < 1.29 is 4.79 Å². The number of hydrogen-bond donors (Lipinski definition) is 1. The first-order valence-electron chi connectivity index (χ1n) is 12.5. The molecular weight excluding hydrogens is 468 g/mol. The molecule has 1 fully saturated rings. The number of benzene rings is 2. The Morgan fingerprint density at radius 1 is 1.03 bits per heavy atom. The van der Waals surface area contributed by atoms with Crippen LogP contribution in [0.15, 0.2) is 54.6 Å². The van der Waals surface area contributed by atoms with Crippen LogP contribution in [0, 0.1) is 0 Å². The summed E-state index contributed by atoms with van der Waals surface area (Å²) in [6, 6.07) is 18.5. The van der Waals surface area contributed by atoms with Crippen LogP contribution in [0.25, 0.3) is 10.1 Å². The standard InChI is InChI=1S/C28H34N6OS/c1-28(2,3)25-19-23(32(4)30-25)27(35)29-21-9-7-8-20(18-21)12-13-33-14-16-34(17-15-33)26-22-10-5-6-11-24(22)36-31-26/h5-11,18-19H,12-17H2,1-4H3,(H,29,35). The zero-order chi connectivity index (χ0) is 25.3. The molecule has 8 heteroatoms. The molecule has 1 amide bonds. The molecule has 2 aromatic carbocycles. The largest absolute Gasteiger partial charge is 0.353 e. The van der Waals surface area contributed by atoms with E-state index in [0.717, 1.165) is 56.3 Å². The van der Waals surface area contributed by atoms with Gasteiger partial charge in [0, 0.05) is 56.3 Å². The third kappa shape index (κ3) is 5.29. The van der Waals surface area contributed by atoms with Crippen molar-refractivity contribution in [2.45, 2.75) is 32.6 Å². The van der Waals surface area contributed by atoms with Crippen LogP contribution < -0.4 is 10.2 Å². The van der Waals surface area contributed by atoms with Gasteiger partial charge in [-0.15, -0.1) is 0 Å². The van der Waals surface area contributed by atoms with Crippen LogP contribution in [-0.4, -0.2) is 57.7 Å². The molecule has 0 saturated carbocycles. The van der Waals surface area contributed by atoms with Crippen molar-refractivity contribution in [3.05, 3.63) is 71.5 Å². The van der Waals surface area contributed by atoms with E-state index in [4.69, 9.17) is 4.37 Å². The highest BCUT2D eigenvalue weighted by atomic mass is 32.1. The lowest BCUT2D eigenvalue weighted by atomic mass is 9.92. The molecule has 0 unspecified atom stereocenters. The van der Waals surface area contributed by atoms with Crippen LogP contribution in [0.1, 0.15) is 42.5 Å². The number of aryl methyl sites for hydroxylation is 1. The van der Waals surface area contributed by atoms with Crippen LogP contribution in [0.3, 0.4) is 0 Å². The summed E-state index contributed by atoms with van der Waals surface area (Å²) in [6.07, 6.45) is 0.948. The van der Waals surface area contributed by atoms with Crippen LogP contribution in [0.4, 0.5) is 11.5 Å². The maximum Gasteiger partial charge on any atom is 0.273 e. The second kappa shape index (κ2) is 10.0. The van der Waals surface area contributed by atoms with E-state index in [1.807, 2.05) is 25.2 Å². The van der Waals surface area contributed by atoms with Crippen LogP contribution in [0.5, 0.6) is 0 Å². The van der Waals surface area contributed by atoms with E-state index in [0.29, 0.717) is 5.69 Å². The Balaban J connectivity index is 1.15. The van der Waals surface area contributed by atoms with Crippen molar-refractivity contribution in [2.24, 2.45) is 7.05 Å². The van der Waals surface area contributed by atoms with Gasteiger partial charge in [0.25, 0.3) is 5.91 Å². The molecule has 0 spiro atoms. The summed E-state index contributed by atoms with van der Waals surface area (Å²) in [6.45, 7) is 11.3. The summed E-state index contributed by atoms with van der Waals surface area (Å²) in [4.78, 5) is 17.8. The lowest BCUT2D eigenvalue weighted by Crippen LogP contribution is -2.47. The molecule has 0 bridgehead atoms. The lowest BCUT2D eigenvalue weighted by molar-refractivity contribution is 0.101. The van der Waals surface area contributed by atoms with Gasteiger partial charge >= 0.3 is 0 Å².